The molecule has 7 nitrogen and oxygen atoms in total. The van der Waals surface area contributed by atoms with Crippen LogP contribution in [-0.2, 0) is 11.3 Å². The molecule has 0 unspecified atom stereocenters. The maximum absolute atomic E-state index is 13.7. The number of carbonyl (C=O) groups is 1. The SMILES string of the molecule is Cc1cccc(C(=O)N2[C@H]3COC[C@@H]2c2nnc(-c4ccc(F)c(C)n4)n2C3)c1C. The van der Waals surface area contributed by atoms with E-state index in [4.69, 9.17) is 4.74 Å². The van der Waals surface area contributed by atoms with Crippen molar-refractivity contribution >= 4 is 5.91 Å². The van der Waals surface area contributed by atoms with Gasteiger partial charge in [-0.25, -0.2) is 9.37 Å². The first-order valence-corrected chi connectivity index (χ1v) is 9.99. The molecule has 0 aliphatic carbocycles. The average Bonchev–Trinajstić information content (AvgIpc) is 3.14. The van der Waals surface area contributed by atoms with E-state index in [2.05, 4.69) is 15.2 Å². The third-order valence-corrected chi connectivity index (χ3v) is 6.11. The van der Waals surface area contributed by atoms with Crippen LogP contribution in [0.25, 0.3) is 11.5 Å². The number of ether oxygens (including phenoxy) is 1. The van der Waals surface area contributed by atoms with Crippen LogP contribution in [-0.4, -0.2) is 49.8 Å². The van der Waals surface area contributed by atoms with Crippen LogP contribution >= 0.6 is 0 Å². The molecule has 154 valence electrons. The summed E-state index contributed by atoms with van der Waals surface area (Å²) in [5, 5.41) is 8.71. The molecule has 8 heteroatoms. The molecular weight excluding hydrogens is 385 g/mol. The first-order chi connectivity index (χ1) is 14.5. The van der Waals surface area contributed by atoms with Gasteiger partial charge >= 0.3 is 0 Å². The van der Waals surface area contributed by atoms with Crippen LogP contribution in [0.4, 0.5) is 4.39 Å². The van der Waals surface area contributed by atoms with Crippen molar-refractivity contribution in [3.63, 3.8) is 0 Å². The number of hydrogen-bond donors (Lipinski definition) is 0. The number of hydrogen-bond acceptors (Lipinski definition) is 5. The van der Waals surface area contributed by atoms with E-state index >= 15 is 0 Å². The van der Waals surface area contributed by atoms with Gasteiger partial charge in [-0.05, 0) is 50.1 Å². The molecule has 2 atom stereocenters. The summed E-state index contributed by atoms with van der Waals surface area (Å²) in [7, 11) is 0. The fourth-order valence-corrected chi connectivity index (χ4v) is 4.31. The van der Waals surface area contributed by atoms with Crippen molar-refractivity contribution in [2.24, 2.45) is 0 Å². The Kier molecular flexibility index (Phi) is 4.39. The van der Waals surface area contributed by atoms with Gasteiger partial charge in [-0.1, -0.05) is 12.1 Å². The van der Waals surface area contributed by atoms with E-state index in [1.165, 1.54) is 6.07 Å². The Morgan fingerprint density at radius 2 is 1.97 bits per heavy atom. The summed E-state index contributed by atoms with van der Waals surface area (Å²) in [6.45, 7) is 6.91. The molecule has 2 aromatic heterocycles. The molecule has 2 aliphatic rings. The lowest BCUT2D eigenvalue weighted by Gasteiger charge is -2.45. The second kappa shape index (κ2) is 6.98. The summed E-state index contributed by atoms with van der Waals surface area (Å²) in [6.07, 6.45) is 0. The monoisotopic (exact) mass is 407 g/mol. The normalized spacial score (nSPS) is 20.2. The molecule has 2 bridgehead atoms. The number of aromatic nitrogens is 4. The van der Waals surface area contributed by atoms with Crippen molar-refractivity contribution in [2.45, 2.75) is 39.4 Å². The van der Waals surface area contributed by atoms with Gasteiger partial charge in [0, 0.05) is 12.1 Å². The predicted octanol–water partition coefficient (Wildman–Crippen LogP) is 3.00. The zero-order chi connectivity index (χ0) is 21.0. The predicted molar refractivity (Wildman–Crippen MR) is 107 cm³/mol. The fourth-order valence-electron chi connectivity index (χ4n) is 4.31. The molecule has 1 saturated heterocycles. The first-order valence-electron chi connectivity index (χ1n) is 9.99. The van der Waals surface area contributed by atoms with Crippen LogP contribution in [0.3, 0.4) is 0 Å². The zero-order valence-corrected chi connectivity index (χ0v) is 17.1. The van der Waals surface area contributed by atoms with E-state index in [0.717, 1.165) is 11.1 Å². The maximum atomic E-state index is 13.7. The largest absolute Gasteiger partial charge is 0.377 e. The highest BCUT2D eigenvalue weighted by molar-refractivity contribution is 5.96. The van der Waals surface area contributed by atoms with Crippen LogP contribution in [0.15, 0.2) is 30.3 Å². The van der Waals surface area contributed by atoms with E-state index in [0.29, 0.717) is 48.4 Å². The number of morpholine rings is 1. The van der Waals surface area contributed by atoms with E-state index in [1.807, 2.05) is 41.5 Å². The Hall–Kier alpha value is -3.13. The number of nitrogens with zero attached hydrogens (tertiary/aromatic N) is 5. The van der Waals surface area contributed by atoms with Crippen molar-refractivity contribution in [2.75, 3.05) is 13.2 Å². The Morgan fingerprint density at radius 3 is 2.77 bits per heavy atom. The second-order valence-corrected chi connectivity index (χ2v) is 7.92. The number of carbonyl (C=O) groups excluding carboxylic acids is 1. The van der Waals surface area contributed by atoms with Gasteiger partial charge in [0.15, 0.2) is 11.6 Å². The summed E-state index contributed by atoms with van der Waals surface area (Å²) in [6, 6.07) is 8.33. The Bertz CT molecular complexity index is 1160. The van der Waals surface area contributed by atoms with Gasteiger partial charge in [0.2, 0.25) is 0 Å². The molecule has 1 amide bonds. The molecular formula is C22H22FN5O2. The number of fused-ring (bicyclic) bond motifs is 4. The smallest absolute Gasteiger partial charge is 0.255 e. The van der Waals surface area contributed by atoms with E-state index in [-0.39, 0.29) is 23.8 Å². The number of benzene rings is 1. The fraction of sp³-hybridized carbons (Fsp3) is 0.364. The topological polar surface area (TPSA) is 73.1 Å². The highest BCUT2D eigenvalue weighted by Crippen LogP contribution is 2.36. The third-order valence-electron chi connectivity index (χ3n) is 6.11. The summed E-state index contributed by atoms with van der Waals surface area (Å²) in [5.41, 5.74) is 3.66. The molecule has 2 aliphatic heterocycles. The van der Waals surface area contributed by atoms with Gasteiger partial charge in [0.1, 0.15) is 17.6 Å². The molecule has 5 rings (SSSR count). The van der Waals surface area contributed by atoms with E-state index < -0.39 is 0 Å². The molecule has 0 N–H and O–H groups in total. The van der Waals surface area contributed by atoms with Crippen LogP contribution in [0, 0.1) is 26.6 Å². The molecule has 0 spiro atoms. The molecule has 1 aromatic carbocycles. The van der Waals surface area contributed by atoms with Crippen molar-refractivity contribution in [1.29, 1.82) is 0 Å². The number of pyridine rings is 1. The van der Waals surface area contributed by atoms with E-state index in [1.54, 1.807) is 13.0 Å². The molecule has 0 radical (unpaired) electrons. The number of aryl methyl sites for hydroxylation is 2. The summed E-state index contributed by atoms with van der Waals surface area (Å²) >= 11 is 0. The van der Waals surface area contributed by atoms with Gasteiger partial charge in [0.25, 0.3) is 5.91 Å². The third kappa shape index (κ3) is 2.82. The quantitative estimate of drug-likeness (QED) is 0.653. The van der Waals surface area contributed by atoms with Gasteiger partial charge in [-0.3, -0.25) is 4.79 Å². The van der Waals surface area contributed by atoms with Crippen molar-refractivity contribution in [3.05, 3.63) is 64.4 Å². The minimum Gasteiger partial charge on any atom is -0.377 e. The highest BCUT2D eigenvalue weighted by atomic mass is 19.1. The number of rotatable bonds is 2. The minimum atomic E-state index is -0.354. The summed E-state index contributed by atoms with van der Waals surface area (Å²) in [5.74, 6) is 0.890. The maximum Gasteiger partial charge on any atom is 0.255 e. The Labute approximate surface area is 173 Å². The minimum absolute atomic E-state index is 0.0129. The second-order valence-electron chi connectivity index (χ2n) is 7.92. The standard InChI is InChI=1S/C22H22FN5O2/c1-12-5-4-6-16(13(12)2)22(29)28-15-9-27-20(18-8-7-17(23)14(3)24-18)25-26-21(27)19(28)11-30-10-15/h4-8,15,19H,9-11H2,1-3H3/t15-,19-/m1/s1. The zero-order valence-electron chi connectivity index (χ0n) is 17.1. The van der Waals surface area contributed by atoms with Gasteiger partial charge in [0.05, 0.1) is 24.9 Å². The Morgan fingerprint density at radius 1 is 1.13 bits per heavy atom. The molecule has 3 aromatic rings. The van der Waals surface area contributed by atoms with Gasteiger partial charge < -0.3 is 14.2 Å². The summed E-state index contributed by atoms with van der Waals surface area (Å²) < 4.78 is 21.4. The summed E-state index contributed by atoms with van der Waals surface area (Å²) in [4.78, 5) is 19.7. The lowest BCUT2D eigenvalue weighted by Crippen LogP contribution is -2.56. The van der Waals surface area contributed by atoms with E-state index in [9.17, 15) is 9.18 Å². The highest BCUT2D eigenvalue weighted by Gasteiger charge is 2.44. The van der Waals surface area contributed by atoms with Gasteiger partial charge in [-0.2, -0.15) is 0 Å². The molecule has 1 fully saturated rings. The van der Waals surface area contributed by atoms with Crippen molar-refractivity contribution < 1.29 is 13.9 Å². The molecule has 30 heavy (non-hydrogen) atoms. The van der Waals surface area contributed by atoms with Crippen LogP contribution in [0.1, 0.15) is 39.0 Å². The van der Waals surface area contributed by atoms with Crippen LogP contribution < -0.4 is 0 Å². The molecule has 4 heterocycles. The number of amides is 1. The molecule has 0 saturated carbocycles. The van der Waals surface area contributed by atoms with Gasteiger partial charge in [-0.15, -0.1) is 10.2 Å². The Balaban J connectivity index is 1.56. The first kappa shape index (κ1) is 18.9. The van der Waals surface area contributed by atoms with Crippen LogP contribution in [0.5, 0.6) is 0 Å². The number of halogens is 1. The average molecular weight is 407 g/mol. The van der Waals surface area contributed by atoms with Crippen molar-refractivity contribution in [1.82, 2.24) is 24.6 Å². The van der Waals surface area contributed by atoms with Crippen LogP contribution in [0.2, 0.25) is 0 Å². The lowest BCUT2D eigenvalue weighted by molar-refractivity contribution is -0.0569. The lowest BCUT2D eigenvalue weighted by atomic mass is 9.98. The van der Waals surface area contributed by atoms with Crippen molar-refractivity contribution in [3.8, 4) is 11.5 Å².